The average Bonchev–Trinajstić information content (AvgIpc) is 2.81. The molecule has 0 radical (unpaired) electrons. The van der Waals surface area contributed by atoms with Gasteiger partial charge in [-0.3, -0.25) is 0 Å². The maximum absolute atomic E-state index is 10.5. The number of rotatable bonds is 1. The first-order valence-corrected chi connectivity index (χ1v) is 5.97. The number of hydrogen-bond donors (Lipinski definition) is 2. The van der Waals surface area contributed by atoms with Crippen molar-refractivity contribution in [3.05, 3.63) is 39.9 Å². The fourth-order valence-electron chi connectivity index (χ4n) is 2.24. The Morgan fingerprint density at radius 1 is 1.43 bits per heavy atom. The normalized spacial score (nSPS) is 36.9. The Morgan fingerprint density at radius 3 is 2.86 bits per heavy atom. The SMILES string of the molecule is O=[N+]([O-])[O-].O[C@@H]1CO[C@H]2[C@@H]1OC[C@]2(O)C1=NC=CC=CO1.[H+]. The Balaban J connectivity index is 0.000000436. The molecule has 0 unspecified atom stereocenters. The molecule has 3 aliphatic rings. The topological polar surface area (TPSA) is 147 Å². The summed E-state index contributed by atoms with van der Waals surface area (Å²) in [5.74, 6) is 0.129. The highest BCUT2D eigenvalue weighted by Gasteiger charge is 2.59. The van der Waals surface area contributed by atoms with Crippen molar-refractivity contribution >= 4 is 5.90 Å². The van der Waals surface area contributed by atoms with E-state index in [1.165, 1.54) is 12.5 Å². The van der Waals surface area contributed by atoms with Crippen LogP contribution in [0.15, 0.2) is 29.6 Å². The molecule has 0 amide bonds. The molecule has 0 aliphatic carbocycles. The Morgan fingerprint density at radius 2 is 2.14 bits per heavy atom. The fraction of sp³-hybridized carbons (Fsp3) is 0.545. The summed E-state index contributed by atoms with van der Waals surface area (Å²) in [6.45, 7) is 0.149. The number of nitrogens with zero attached hydrogens (tertiary/aromatic N) is 2. The van der Waals surface area contributed by atoms with E-state index in [0.717, 1.165) is 0 Å². The summed E-state index contributed by atoms with van der Waals surface area (Å²) in [7, 11) is 0. The van der Waals surface area contributed by atoms with Crippen LogP contribution in [0.5, 0.6) is 0 Å². The van der Waals surface area contributed by atoms with Crippen LogP contribution in [0.2, 0.25) is 0 Å². The summed E-state index contributed by atoms with van der Waals surface area (Å²) in [6, 6.07) is 0. The van der Waals surface area contributed by atoms with Crippen LogP contribution in [-0.4, -0.2) is 58.3 Å². The molecule has 4 atom stereocenters. The van der Waals surface area contributed by atoms with Gasteiger partial charge in [0.25, 0.3) is 0 Å². The highest BCUT2D eigenvalue weighted by molar-refractivity contribution is 5.87. The van der Waals surface area contributed by atoms with Crippen molar-refractivity contribution < 1.29 is 30.9 Å². The van der Waals surface area contributed by atoms with Crippen LogP contribution in [0.25, 0.3) is 0 Å². The van der Waals surface area contributed by atoms with Gasteiger partial charge in [0, 0.05) is 6.20 Å². The van der Waals surface area contributed by atoms with Gasteiger partial charge >= 0.3 is 1.43 Å². The van der Waals surface area contributed by atoms with Gasteiger partial charge in [0.1, 0.15) is 18.3 Å². The molecule has 0 aromatic rings. The maximum Gasteiger partial charge on any atom is 1.00 e. The number of allylic oxidation sites excluding steroid dienone is 2. The van der Waals surface area contributed by atoms with Crippen LogP contribution in [-0.2, 0) is 14.2 Å². The second kappa shape index (κ2) is 6.18. The van der Waals surface area contributed by atoms with E-state index in [4.69, 9.17) is 29.5 Å². The molecule has 3 heterocycles. The van der Waals surface area contributed by atoms with E-state index in [9.17, 15) is 10.2 Å². The predicted molar refractivity (Wildman–Crippen MR) is 68.7 cm³/mol. The van der Waals surface area contributed by atoms with Gasteiger partial charge in [-0.05, 0) is 12.2 Å². The number of aliphatic hydroxyl groups is 2. The molecule has 0 spiro atoms. The van der Waals surface area contributed by atoms with E-state index in [0.29, 0.717) is 0 Å². The quantitative estimate of drug-likeness (QED) is 0.473. The van der Waals surface area contributed by atoms with Crippen LogP contribution in [0.1, 0.15) is 1.43 Å². The van der Waals surface area contributed by atoms with Crippen LogP contribution in [0, 0.1) is 15.3 Å². The van der Waals surface area contributed by atoms with E-state index in [-0.39, 0.29) is 20.5 Å². The van der Waals surface area contributed by atoms with Gasteiger partial charge < -0.3 is 39.7 Å². The van der Waals surface area contributed by atoms with Gasteiger partial charge in [-0.15, -0.1) is 0 Å². The highest BCUT2D eigenvalue weighted by atomic mass is 16.9. The first kappa shape index (κ1) is 15.4. The minimum Gasteiger partial charge on any atom is -0.447 e. The summed E-state index contributed by atoms with van der Waals surface area (Å²) in [5.41, 5.74) is -1.44. The molecule has 116 valence electrons. The molecular weight excluding hydrogens is 288 g/mol. The van der Waals surface area contributed by atoms with Crippen LogP contribution >= 0.6 is 0 Å². The van der Waals surface area contributed by atoms with Gasteiger partial charge in [0.15, 0.2) is 5.60 Å². The molecule has 10 nitrogen and oxygen atoms in total. The van der Waals surface area contributed by atoms with Crippen molar-refractivity contribution in [2.75, 3.05) is 13.2 Å². The molecule has 2 fully saturated rings. The van der Waals surface area contributed by atoms with Crippen molar-refractivity contribution in [2.45, 2.75) is 23.9 Å². The number of aliphatic imine (C=N–C) groups is 1. The molecule has 3 rings (SSSR count). The van der Waals surface area contributed by atoms with E-state index in [2.05, 4.69) is 4.99 Å². The minimum atomic E-state index is -1.75. The van der Waals surface area contributed by atoms with Crippen LogP contribution in [0.4, 0.5) is 0 Å². The molecular formula is C11H14N2O8. The lowest BCUT2D eigenvalue weighted by molar-refractivity contribution is -0.402. The number of ether oxygens (including phenoxy) is 3. The molecule has 0 bridgehead atoms. The third-order valence-corrected chi connectivity index (χ3v) is 3.11. The number of hydrogen-bond acceptors (Lipinski definition) is 9. The fourth-order valence-corrected chi connectivity index (χ4v) is 2.24. The van der Waals surface area contributed by atoms with Gasteiger partial charge in [-0.2, -0.15) is 0 Å². The first-order valence-electron chi connectivity index (χ1n) is 5.97. The minimum absolute atomic E-state index is 0. The monoisotopic (exact) mass is 302 g/mol. The summed E-state index contributed by atoms with van der Waals surface area (Å²) in [5, 5.41) is 34.9. The van der Waals surface area contributed by atoms with Crippen molar-refractivity contribution in [2.24, 2.45) is 4.99 Å². The van der Waals surface area contributed by atoms with Gasteiger partial charge in [0.2, 0.25) is 5.90 Å². The predicted octanol–water partition coefficient (Wildman–Crippen LogP) is -0.795. The van der Waals surface area contributed by atoms with Gasteiger partial charge in [-0.1, -0.05) is 0 Å². The zero-order valence-corrected chi connectivity index (χ0v) is 10.7. The van der Waals surface area contributed by atoms with Crippen molar-refractivity contribution in [1.29, 1.82) is 0 Å². The lowest BCUT2D eigenvalue weighted by atomic mass is 9.96. The third-order valence-electron chi connectivity index (χ3n) is 3.11. The van der Waals surface area contributed by atoms with Crippen molar-refractivity contribution in [1.82, 2.24) is 0 Å². The molecule has 10 heteroatoms. The molecule has 3 aliphatic heterocycles. The average molecular weight is 302 g/mol. The van der Waals surface area contributed by atoms with E-state index >= 15 is 0 Å². The number of fused-ring (bicyclic) bond motifs is 1. The lowest BCUT2D eigenvalue weighted by Gasteiger charge is -2.26. The van der Waals surface area contributed by atoms with E-state index in [1.807, 2.05) is 0 Å². The number of aliphatic hydroxyl groups excluding tert-OH is 1. The molecule has 2 saturated heterocycles. The standard InChI is InChI=1S/C11H13NO5.NO3/c13-7-5-16-9-8(7)17-6-11(9,14)10-12-3-1-2-4-15-10;2-1(3)4/h1-4,7-9,13-14H,5-6H2;/q;-1/p+1/t7-,8-,9+,11-;/m1./s1. The molecule has 0 saturated carbocycles. The summed E-state index contributed by atoms with van der Waals surface area (Å²) >= 11 is 0. The molecule has 2 N–H and O–H groups in total. The largest absolute Gasteiger partial charge is 1.00 e. The van der Waals surface area contributed by atoms with E-state index < -0.39 is 29.0 Å². The Kier molecular flexibility index (Phi) is 4.53. The highest BCUT2D eigenvalue weighted by Crippen LogP contribution is 2.35. The second-order valence-electron chi connectivity index (χ2n) is 4.47. The molecule has 0 aromatic heterocycles. The first-order chi connectivity index (χ1) is 9.95. The zero-order chi connectivity index (χ0) is 15.5. The van der Waals surface area contributed by atoms with Crippen LogP contribution in [0.3, 0.4) is 0 Å². The summed E-state index contributed by atoms with van der Waals surface area (Å²) < 4.78 is 16.0. The molecule has 21 heavy (non-hydrogen) atoms. The molecule has 0 aromatic carbocycles. The van der Waals surface area contributed by atoms with Crippen LogP contribution < -0.4 is 0 Å². The van der Waals surface area contributed by atoms with Gasteiger partial charge in [-0.25, -0.2) is 4.99 Å². The van der Waals surface area contributed by atoms with Crippen molar-refractivity contribution in [3.63, 3.8) is 0 Å². The third kappa shape index (κ3) is 3.19. The summed E-state index contributed by atoms with van der Waals surface area (Å²) in [6.07, 6.45) is 4.42. The maximum atomic E-state index is 10.5. The Hall–Kier alpha value is -2.01. The van der Waals surface area contributed by atoms with Crippen molar-refractivity contribution in [3.8, 4) is 0 Å². The Bertz CT molecular complexity index is 492. The second-order valence-corrected chi connectivity index (χ2v) is 4.47. The smallest absolute Gasteiger partial charge is 0.447 e. The summed E-state index contributed by atoms with van der Waals surface area (Å²) in [4.78, 5) is 12.3. The van der Waals surface area contributed by atoms with E-state index in [1.54, 1.807) is 12.2 Å². The zero-order valence-electron chi connectivity index (χ0n) is 11.7. The Labute approximate surface area is 120 Å². The van der Waals surface area contributed by atoms with Gasteiger partial charge in [0.05, 0.1) is 24.6 Å². The lowest BCUT2D eigenvalue weighted by Crippen LogP contribution is -2.51.